The maximum absolute atomic E-state index is 13.1. The molecule has 3 rings (SSSR count). The van der Waals surface area contributed by atoms with Gasteiger partial charge in [-0.3, -0.25) is 9.69 Å². The molecule has 0 radical (unpaired) electrons. The van der Waals surface area contributed by atoms with Crippen LogP contribution in [0.2, 0.25) is 0 Å². The third-order valence-corrected chi connectivity index (χ3v) is 4.33. The molecule has 0 spiro atoms. The van der Waals surface area contributed by atoms with E-state index in [-0.39, 0.29) is 17.7 Å². The average molecular weight is 263 g/mol. The zero-order chi connectivity index (χ0) is 13.4. The number of halogens is 1. The van der Waals surface area contributed by atoms with Gasteiger partial charge in [0.15, 0.2) is 5.78 Å². The van der Waals surface area contributed by atoms with Crippen molar-refractivity contribution in [3.05, 3.63) is 35.6 Å². The minimum atomic E-state index is -0.372. The number of ketones is 1. The van der Waals surface area contributed by atoms with E-state index in [4.69, 9.17) is 0 Å². The number of aliphatic hydroxyl groups is 1. The number of nitrogens with zero attached hydrogens (tertiary/aromatic N) is 1. The van der Waals surface area contributed by atoms with Crippen LogP contribution in [0.15, 0.2) is 24.3 Å². The van der Waals surface area contributed by atoms with E-state index < -0.39 is 0 Å². The van der Waals surface area contributed by atoms with E-state index in [1.54, 1.807) is 12.1 Å². The lowest BCUT2D eigenvalue weighted by molar-refractivity contribution is 0.0344. The molecule has 2 aliphatic heterocycles. The zero-order valence-electron chi connectivity index (χ0n) is 10.8. The van der Waals surface area contributed by atoms with Crippen molar-refractivity contribution in [3.63, 3.8) is 0 Å². The fraction of sp³-hybridized carbons (Fsp3) is 0.533. The second-order valence-electron chi connectivity index (χ2n) is 5.62. The van der Waals surface area contributed by atoms with Crippen molar-refractivity contribution >= 4 is 5.78 Å². The topological polar surface area (TPSA) is 40.5 Å². The van der Waals surface area contributed by atoms with Crippen molar-refractivity contribution in [3.8, 4) is 0 Å². The molecule has 1 aromatic carbocycles. The van der Waals surface area contributed by atoms with Gasteiger partial charge in [-0.25, -0.2) is 4.39 Å². The molecule has 1 N–H and O–H groups in total. The quantitative estimate of drug-likeness (QED) is 0.848. The third-order valence-electron chi connectivity index (χ3n) is 4.33. The highest BCUT2D eigenvalue weighted by molar-refractivity contribution is 5.97. The molecular formula is C15H18FNO2. The van der Waals surface area contributed by atoms with Crippen LogP contribution >= 0.6 is 0 Å². The minimum Gasteiger partial charge on any atom is -0.393 e. The van der Waals surface area contributed by atoms with E-state index in [0.29, 0.717) is 24.2 Å². The summed E-state index contributed by atoms with van der Waals surface area (Å²) in [7, 11) is 0. The van der Waals surface area contributed by atoms with Crippen molar-refractivity contribution < 1.29 is 14.3 Å². The summed E-state index contributed by atoms with van der Waals surface area (Å²) in [5, 5.41) is 9.73. The number of fused-ring (bicyclic) bond motifs is 2. The van der Waals surface area contributed by atoms with E-state index in [1.807, 2.05) is 0 Å². The molecule has 102 valence electrons. The standard InChI is InChI=1S/C15H18FNO2/c16-11-3-1-2-10(6-11)15(19)9-17-12-4-5-13(17)8-14(18)7-12/h1-3,6,12-14,18H,4-5,7-9H2. The molecule has 19 heavy (non-hydrogen) atoms. The Kier molecular flexibility index (Phi) is 3.37. The second-order valence-corrected chi connectivity index (χ2v) is 5.62. The summed E-state index contributed by atoms with van der Waals surface area (Å²) in [5.74, 6) is -0.407. The SMILES string of the molecule is O=C(CN1C2CCC1CC(O)C2)c1cccc(F)c1. The first-order chi connectivity index (χ1) is 9.13. The summed E-state index contributed by atoms with van der Waals surface area (Å²) in [6, 6.07) is 6.49. The van der Waals surface area contributed by atoms with Crippen LogP contribution in [-0.2, 0) is 0 Å². The van der Waals surface area contributed by atoms with Crippen LogP contribution in [0.25, 0.3) is 0 Å². The molecule has 2 aliphatic rings. The molecule has 2 fully saturated rings. The summed E-state index contributed by atoms with van der Waals surface area (Å²) < 4.78 is 13.1. The predicted molar refractivity (Wildman–Crippen MR) is 69.5 cm³/mol. The largest absolute Gasteiger partial charge is 0.393 e. The lowest BCUT2D eigenvalue weighted by Gasteiger charge is -2.36. The molecule has 2 bridgehead atoms. The van der Waals surface area contributed by atoms with Gasteiger partial charge in [0.05, 0.1) is 12.6 Å². The van der Waals surface area contributed by atoms with Gasteiger partial charge in [0.1, 0.15) is 5.82 Å². The molecule has 0 aromatic heterocycles. The van der Waals surface area contributed by atoms with Crippen LogP contribution in [0.4, 0.5) is 4.39 Å². The summed E-state index contributed by atoms with van der Waals surface area (Å²) in [4.78, 5) is 14.4. The summed E-state index contributed by atoms with van der Waals surface area (Å²) in [6.45, 7) is 0.339. The van der Waals surface area contributed by atoms with E-state index in [1.165, 1.54) is 12.1 Å². The number of Topliss-reactive ketones (excluding diaryl/α,β-unsaturated/α-hetero) is 1. The van der Waals surface area contributed by atoms with E-state index >= 15 is 0 Å². The average Bonchev–Trinajstić information content (AvgIpc) is 2.61. The van der Waals surface area contributed by atoms with E-state index in [2.05, 4.69) is 4.90 Å². The molecule has 2 unspecified atom stereocenters. The van der Waals surface area contributed by atoms with Crippen molar-refractivity contribution in [2.45, 2.75) is 43.9 Å². The number of carbonyl (C=O) groups excluding carboxylic acids is 1. The number of rotatable bonds is 3. The first-order valence-electron chi connectivity index (χ1n) is 6.86. The zero-order valence-corrected chi connectivity index (χ0v) is 10.8. The van der Waals surface area contributed by atoms with Crippen LogP contribution in [0.1, 0.15) is 36.0 Å². The fourth-order valence-corrected chi connectivity index (χ4v) is 3.42. The van der Waals surface area contributed by atoms with Crippen molar-refractivity contribution in [2.24, 2.45) is 0 Å². The highest BCUT2D eigenvalue weighted by Crippen LogP contribution is 2.35. The van der Waals surface area contributed by atoms with Crippen molar-refractivity contribution in [1.82, 2.24) is 4.90 Å². The molecule has 0 aliphatic carbocycles. The molecule has 2 atom stereocenters. The predicted octanol–water partition coefficient (Wildman–Crippen LogP) is 2.00. The summed E-state index contributed by atoms with van der Waals surface area (Å²) in [6.07, 6.45) is 3.40. The van der Waals surface area contributed by atoms with E-state index in [9.17, 15) is 14.3 Å². The molecule has 2 heterocycles. The van der Waals surface area contributed by atoms with Gasteiger partial charge in [-0.1, -0.05) is 12.1 Å². The molecule has 4 heteroatoms. The normalized spacial score (nSPS) is 30.5. The summed E-state index contributed by atoms with van der Waals surface area (Å²) in [5.41, 5.74) is 0.436. The maximum Gasteiger partial charge on any atom is 0.176 e. The van der Waals surface area contributed by atoms with Gasteiger partial charge in [-0.15, -0.1) is 0 Å². The first-order valence-corrected chi connectivity index (χ1v) is 6.86. The molecule has 0 saturated carbocycles. The van der Waals surface area contributed by atoms with Gasteiger partial charge in [-0.2, -0.15) is 0 Å². The van der Waals surface area contributed by atoms with Crippen LogP contribution in [0.5, 0.6) is 0 Å². The van der Waals surface area contributed by atoms with Gasteiger partial charge in [0.2, 0.25) is 0 Å². The number of hydrogen-bond donors (Lipinski definition) is 1. The number of carbonyl (C=O) groups is 1. The van der Waals surface area contributed by atoms with Gasteiger partial charge < -0.3 is 5.11 Å². The fourth-order valence-electron chi connectivity index (χ4n) is 3.42. The lowest BCUT2D eigenvalue weighted by atomic mass is 9.99. The van der Waals surface area contributed by atoms with Crippen molar-refractivity contribution in [2.75, 3.05) is 6.54 Å². The Bertz CT molecular complexity index is 477. The Balaban J connectivity index is 1.70. The van der Waals surface area contributed by atoms with Gasteiger partial charge in [0, 0.05) is 17.6 Å². The molecule has 2 saturated heterocycles. The Hall–Kier alpha value is -1.26. The third kappa shape index (κ3) is 2.55. The minimum absolute atomic E-state index is 0.0345. The maximum atomic E-state index is 13.1. The number of aliphatic hydroxyl groups excluding tert-OH is 1. The Morgan fingerprint density at radius 2 is 2.00 bits per heavy atom. The van der Waals surface area contributed by atoms with Crippen LogP contribution in [0.3, 0.4) is 0 Å². The number of hydrogen-bond acceptors (Lipinski definition) is 3. The Labute approximate surface area is 112 Å². The van der Waals surface area contributed by atoms with E-state index in [0.717, 1.165) is 25.7 Å². The number of benzene rings is 1. The van der Waals surface area contributed by atoms with Gasteiger partial charge in [-0.05, 0) is 37.8 Å². The first kappa shape index (κ1) is 12.8. The summed E-state index contributed by atoms with van der Waals surface area (Å²) >= 11 is 0. The number of piperidine rings is 1. The van der Waals surface area contributed by atoms with Gasteiger partial charge >= 0.3 is 0 Å². The highest BCUT2D eigenvalue weighted by Gasteiger charge is 2.40. The molecular weight excluding hydrogens is 245 g/mol. The highest BCUT2D eigenvalue weighted by atomic mass is 19.1. The van der Waals surface area contributed by atoms with Crippen LogP contribution in [-0.4, -0.2) is 40.5 Å². The monoisotopic (exact) mass is 263 g/mol. The van der Waals surface area contributed by atoms with Crippen LogP contribution in [0, 0.1) is 5.82 Å². The lowest BCUT2D eigenvalue weighted by Crippen LogP contribution is -2.46. The van der Waals surface area contributed by atoms with Crippen molar-refractivity contribution in [1.29, 1.82) is 0 Å². The van der Waals surface area contributed by atoms with Gasteiger partial charge in [0.25, 0.3) is 0 Å². The second kappa shape index (κ2) is 5.02. The molecule has 0 amide bonds. The van der Waals surface area contributed by atoms with Crippen LogP contribution < -0.4 is 0 Å². The smallest absolute Gasteiger partial charge is 0.176 e. The Morgan fingerprint density at radius 1 is 1.32 bits per heavy atom. The molecule has 3 nitrogen and oxygen atoms in total. The Morgan fingerprint density at radius 3 is 2.63 bits per heavy atom. The molecule has 1 aromatic rings.